The van der Waals surface area contributed by atoms with Crippen LogP contribution in [0.3, 0.4) is 0 Å². The smallest absolute Gasteiger partial charge is 0.254 e. The number of carbonyl (C=O) groups is 1. The minimum atomic E-state index is -3.22. The number of nitrogens with one attached hydrogen (secondary N) is 1. The van der Waals surface area contributed by atoms with Gasteiger partial charge in [0.25, 0.3) is 5.91 Å². The van der Waals surface area contributed by atoms with Crippen LogP contribution in [0, 0.1) is 0 Å². The first-order valence-electron chi connectivity index (χ1n) is 11.0. The highest BCUT2D eigenvalue weighted by atomic mass is 32.2. The lowest BCUT2D eigenvalue weighted by Gasteiger charge is -2.33. The summed E-state index contributed by atoms with van der Waals surface area (Å²) in [7, 11) is -3.22. The fourth-order valence-corrected chi connectivity index (χ4v) is 5.64. The topological polar surface area (TPSA) is 91.8 Å². The highest BCUT2D eigenvalue weighted by Gasteiger charge is 2.26. The van der Waals surface area contributed by atoms with Crippen LogP contribution in [0.4, 0.5) is 5.82 Å². The number of sulfonamides is 1. The van der Waals surface area contributed by atoms with Gasteiger partial charge in [-0.1, -0.05) is 25.1 Å². The quantitative estimate of drug-likeness (QED) is 0.730. The van der Waals surface area contributed by atoms with Gasteiger partial charge in [-0.2, -0.15) is 0 Å². The Morgan fingerprint density at radius 3 is 2.58 bits per heavy atom. The average Bonchev–Trinajstić information content (AvgIpc) is 2.78. The van der Waals surface area contributed by atoms with E-state index in [-0.39, 0.29) is 17.7 Å². The van der Waals surface area contributed by atoms with E-state index in [1.165, 1.54) is 0 Å². The predicted molar refractivity (Wildman–Crippen MR) is 121 cm³/mol. The summed E-state index contributed by atoms with van der Waals surface area (Å²) < 4.78 is 32.4. The molecule has 0 atom stereocenters. The van der Waals surface area contributed by atoms with Crippen molar-refractivity contribution in [2.24, 2.45) is 0 Å². The largest absolute Gasteiger partial charge is 0.378 e. The Morgan fingerprint density at radius 2 is 1.87 bits per heavy atom. The van der Waals surface area contributed by atoms with Crippen LogP contribution in [-0.2, 0) is 14.8 Å². The SMILES string of the molecule is CCCS(=O)(=O)NC1CCN(c2cc(C(=O)N3CCOCC3)c3ccccc3n2)CC1. The van der Waals surface area contributed by atoms with Crippen molar-refractivity contribution in [2.75, 3.05) is 50.0 Å². The molecule has 0 bridgehead atoms. The zero-order valence-corrected chi connectivity index (χ0v) is 18.7. The monoisotopic (exact) mass is 446 g/mol. The summed E-state index contributed by atoms with van der Waals surface area (Å²) in [6, 6.07) is 9.56. The number of anilines is 1. The number of fused-ring (bicyclic) bond motifs is 1. The van der Waals surface area contributed by atoms with Crippen molar-refractivity contribution in [1.82, 2.24) is 14.6 Å². The molecule has 2 fully saturated rings. The highest BCUT2D eigenvalue weighted by molar-refractivity contribution is 7.89. The van der Waals surface area contributed by atoms with E-state index in [2.05, 4.69) is 9.62 Å². The number of hydrogen-bond acceptors (Lipinski definition) is 6. The fraction of sp³-hybridized carbons (Fsp3) is 0.545. The van der Waals surface area contributed by atoms with Gasteiger partial charge in [-0.3, -0.25) is 4.79 Å². The number of ether oxygens (including phenoxy) is 1. The molecule has 8 nitrogen and oxygen atoms in total. The molecule has 1 aromatic heterocycles. The lowest BCUT2D eigenvalue weighted by Crippen LogP contribution is -2.45. The molecule has 1 amide bonds. The molecule has 4 rings (SSSR count). The van der Waals surface area contributed by atoms with E-state index in [9.17, 15) is 13.2 Å². The molecule has 0 saturated carbocycles. The second-order valence-corrected chi connectivity index (χ2v) is 10.0. The molecule has 1 N–H and O–H groups in total. The number of aromatic nitrogens is 1. The Kier molecular flexibility index (Phi) is 6.74. The first-order valence-corrected chi connectivity index (χ1v) is 12.6. The molecule has 9 heteroatoms. The number of benzene rings is 1. The molecule has 2 aliphatic heterocycles. The van der Waals surface area contributed by atoms with Crippen LogP contribution >= 0.6 is 0 Å². The van der Waals surface area contributed by atoms with E-state index in [0.717, 1.165) is 16.7 Å². The van der Waals surface area contributed by atoms with E-state index < -0.39 is 10.0 Å². The molecule has 31 heavy (non-hydrogen) atoms. The molecule has 2 aliphatic rings. The van der Waals surface area contributed by atoms with E-state index in [4.69, 9.17) is 9.72 Å². The van der Waals surface area contributed by atoms with Crippen molar-refractivity contribution in [3.63, 3.8) is 0 Å². The summed E-state index contributed by atoms with van der Waals surface area (Å²) in [6.07, 6.45) is 2.03. The predicted octanol–water partition coefficient (Wildman–Crippen LogP) is 2.01. The van der Waals surface area contributed by atoms with E-state index in [1.54, 1.807) is 0 Å². The normalized spacial score (nSPS) is 18.5. The average molecular weight is 447 g/mol. The molecule has 2 aromatic rings. The standard InChI is InChI=1S/C22H30N4O4S/c1-2-15-31(28,29)24-17-7-9-25(10-8-17)21-16-19(18-5-3-4-6-20(18)23-21)22(27)26-11-13-30-14-12-26/h3-6,16-17,24H,2,7-15H2,1H3. The summed E-state index contributed by atoms with van der Waals surface area (Å²) in [6.45, 7) is 5.54. The second-order valence-electron chi connectivity index (χ2n) is 8.15. The number of amides is 1. The number of carbonyl (C=O) groups excluding carboxylic acids is 1. The van der Waals surface area contributed by atoms with Crippen molar-refractivity contribution in [2.45, 2.75) is 32.2 Å². The molecule has 3 heterocycles. The summed E-state index contributed by atoms with van der Waals surface area (Å²) >= 11 is 0. The molecular weight excluding hydrogens is 416 g/mol. The third kappa shape index (κ3) is 5.16. The Labute approximate surface area is 183 Å². The van der Waals surface area contributed by atoms with Gasteiger partial charge in [-0.05, 0) is 31.4 Å². The fourth-order valence-electron chi connectivity index (χ4n) is 4.25. The van der Waals surface area contributed by atoms with Gasteiger partial charge in [-0.15, -0.1) is 0 Å². The number of para-hydroxylation sites is 1. The van der Waals surface area contributed by atoms with Gasteiger partial charge in [0.2, 0.25) is 10.0 Å². The zero-order chi connectivity index (χ0) is 21.8. The summed E-state index contributed by atoms with van der Waals surface area (Å²) in [5, 5.41) is 0.852. The maximum absolute atomic E-state index is 13.3. The summed E-state index contributed by atoms with van der Waals surface area (Å²) in [4.78, 5) is 22.1. The van der Waals surface area contributed by atoms with E-state index >= 15 is 0 Å². The number of nitrogens with zero attached hydrogens (tertiary/aromatic N) is 3. The van der Waals surface area contributed by atoms with E-state index in [0.29, 0.717) is 64.2 Å². The molecule has 0 aliphatic carbocycles. The molecule has 1 aromatic carbocycles. The molecule has 0 unspecified atom stereocenters. The van der Waals surface area contributed by atoms with Gasteiger partial charge < -0.3 is 14.5 Å². The summed E-state index contributed by atoms with van der Waals surface area (Å²) in [5.74, 6) is 0.933. The molecular formula is C22H30N4O4S. The first-order chi connectivity index (χ1) is 15.0. The van der Waals surface area contributed by atoms with E-state index in [1.807, 2.05) is 42.2 Å². The lowest BCUT2D eigenvalue weighted by atomic mass is 10.0. The van der Waals surface area contributed by atoms with Crippen LogP contribution in [-0.4, -0.2) is 75.4 Å². The third-order valence-electron chi connectivity index (χ3n) is 5.87. The Morgan fingerprint density at radius 1 is 1.16 bits per heavy atom. The minimum absolute atomic E-state index is 0.00496. The zero-order valence-electron chi connectivity index (χ0n) is 17.9. The van der Waals surface area contributed by atoms with Crippen LogP contribution in [0.1, 0.15) is 36.5 Å². The Bertz CT molecular complexity index is 1030. The van der Waals surface area contributed by atoms with Crippen molar-refractivity contribution in [3.8, 4) is 0 Å². The molecule has 0 spiro atoms. The van der Waals surface area contributed by atoms with Gasteiger partial charge in [-0.25, -0.2) is 18.1 Å². The van der Waals surface area contributed by atoms with Crippen molar-refractivity contribution >= 4 is 32.7 Å². The minimum Gasteiger partial charge on any atom is -0.378 e. The third-order valence-corrected chi connectivity index (χ3v) is 7.51. The Balaban J connectivity index is 1.54. The number of pyridine rings is 1. The van der Waals surface area contributed by atoms with Crippen LogP contribution in [0.25, 0.3) is 10.9 Å². The highest BCUT2D eigenvalue weighted by Crippen LogP contribution is 2.26. The van der Waals surface area contributed by atoms with Crippen LogP contribution in [0.5, 0.6) is 0 Å². The maximum Gasteiger partial charge on any atom is 0.254 e. The Hall–Kier alpha value is -2.23. The van der Waals surface area contributed by atoms with Gasteiger partial charge >= 0.3 is 0 Å². The van der Waals surface area contributed by atoms with Crippen LogP contribution in [0.15, 0.2) is 30.3 Å². The van der Waals surface area contributed by atoms with Crippen molar-refractivity contribution in [3.05, 3.63) is 35.9 Å². The molecule has 2 saturated heterocycles. The summed E-state index contributed by atoms with van der Waals surface area (Å²) in [5.41, 5.74) is 1.45. The van der Waals surface area contributed by atoms with Crippen molar-refractivity contribution < 1.29 is 17.9 Å². The number of morpholine rings is 1. The van der Waals surface area contributed by atoms with Gasteiger partial charge in [0.05, 0.1) is 30.0 Å². The lowest BCUT2D eigenvalue weighted by molar-refractivity contribution is 0.0304. The number of rotatable bonds is 6. The first kappa shape index (κ1) is 22.0. The molecule has 168 valence electrons. The van der Waals surface area contributed by atoms with Gasteiger partial charge in [0.1, 0.15) is 5.82 Å². The van der Waals surface area contributed by atoms with Crippen LogP contribution in [0.2, 0.25) is 0 Å². The van der Waals surface area contributed by atoms with Gasteiger partial charge in [0, 0.05) is 37.6 Å². The van der Waals surface area contributed by atoms with Gasteiger partial charge in [0.15, 0.2) is 0 Å². The molecule has 0 radical (unpaired) electrons. The number of hydrogen-bond donors (Lipinski definition) is 1. The second kappa shape index (κ2) is 9.50. The van der Waals surface area contributed by atoms with Crippen LogP contribution < -0.4 is 9.62 Å². The number of piperidine rings is 1. The van der Waals surface area contributed by atoms with Crippen molar-refractivity contribution in [1.29, 1.82) is 0 Å². The maximum atomic E-state index is 13.3.